The smallest absolute Gasteiger partial charge is 0.234 e. The summed E-state index contributed by atoms with van der Waals surface area (Å²) < 4.78 is 0. The van der Waals surface area contributed by atoms with E-state index in [9.17, 15) is 4.79 Å². The summed E-state index contributed by atoms with van der Waals surface area (Å²) in [5.74, 6) is 0.919. The number of piperidine rings is 1. The van der Waals surface area contributed by atoms with Crippen LogP contribution in [0.25, 0.3) is 0 Å². The summed E-state index contributed by atoms with van der Waals surface area (Å²) in [6, 6.07) is 0.165. The van der Waals surface area contributed by atoms with Crippen LogP contribution in [0.5, 0.6) is 0 Å². The third-order valence-electron chi connectivity index (χ3n) is 3.45. The number of aliphatic hydroxyl groups excluding tert-OH is 1. The maximum absolute atomic E-state index is 11.8. The van der Waals surface area contributed by atoms with Gasteiger partial charge in [0.05, 0.1) is 6.54 Å². The lowest BCUT2D eigenvalue weighted by Gasteiger charge is -2.29. The number of hydrogen-bond acceptors (Lipinski definition) is 3. The molecule has 0 aromatic rings. The first-order valence-corrected chi connectivity index (χ1v) is 6.74. The molecule has 2 N–H and O–H groups in total. The van der Waals surface area contributed by atoms with Gasteiger partial charge in [-0.25, -0.2) is 0 Å². The van der Waals surface area contributed by atoms with Crippen molar-refractivity contribution in [1.29, 1.82) is 0 Å². The van der Waals surface area contributed by atoms with Crippen LogP contribution in [0.2, 0.25) is 0 Å². The molecule has 0 radical (unpaired) electrons. The monoisotopic (exact) mass is 242 g/mol. The predicted molar refractivity (Wildman–Crippen MR) is 68.8 cm³/mol. The highest BCUT2D eigenvalue weighted by Crippen LogP contribution is 2.15. The highest BCUT2D eigenvalue weighted by Gasteiger charge is 2.18. The molecule has 1 fully saturated rings. The van der Waals surface area contributed by atoms with Crippen LogP contribution in [-0.2, 0) is 4.79 Å². The first kappa shape index (κ1) is 14.5. The number of amides is 1. The molecule has 1 rings (SSSR count). The van der Waals surface area contributed by atoms with Crippen molar-refractivity contribution in [2.75, 3.05) is 26.2 Å². The van der Waals surface area contributed by atoms with E-state index in [0.717, 1.165) is 31.8 Å². The minimum Gasteiger partial charge on any atom is -0.396 e. The number of nitrogens with one attached hydrogen (secondary N) is 1. The summed E-state index contributed by atoms with van der Waals surface area (Å²) >= 11 is 0. The van der Waals surface area contributed by atoms with Crippen molar-refractivity contribution in [3.63, 3.8) is 0 Å². The molecule has 1 amide bonds. The van der Waals surface area contributed by atoms with Gasteiger partial charge in [0.1, 0.15) is 0 Å². The second-order valence-electron chi connectivity index (χ2n) is 5.29. The molecule has 1 atom stereocenters. The van der Waals surface area contributed by atoms with Crippen LogP contribution in [0.3, 0.4) is 0 Å². The van der Waals surface area contributed by atoms with Gasteiger partial charge in [-0.2, -0.15) is 0 Å². The average Bonchev–Trinajstić information content (AvgIpc) is 2.29. The summed E-state index contributed by atoms with van der Waals surface area (Å²) in [5.41, 5.74) is 0. The molecule has 0 spiro atoms. The Morgan fingerprint density at radius 3 is 2.71 bits per heavy atom. The molecule has 100 valence electrons. The summed E-state index contributed by atoms with van der Waals surface area (Å²) in [7, 11) is 0. The minimum atomic E-state index is 0.116. The zero-order valence-electron chi connectivity index (χ0n) is 11.1. The molecule has 1 aliphatic heterocycles. The second-order valence-corrected chi connectivity index (χ2v) is 5.29. The zero-order valence-corrected chi connectivity index (χ0v) is 11.1. The molecule has 1 aliphatic rings. The molecule has 4 heteroatoms. The van der Waals surface area contributed by atoms with Gasteiger partial charge in [-0.1, -0.05) is 6.92 Å². The molecule has 0 aromatic carbocycles. The first-order valence-electron chi connectivity index (χ1n) is 6.74. The molecule has 1 saturated heterocycles. The summed E-state index contributed by atoms with van der Waals surface area (Å²) in [6.07, 6.45) is 4.00. The zero-order chi connectivity index (χ0) is 12.7. The number of nitrogens with zero attached hydrogens (tertiary/aromatic N) is 1. The molecule has 1 unspecified atom stereocenters. The van der Waals surface area contributed by atoms with Crippen molar-refractivity contribution in [1.82, 2.24) is 10.2 Å². The third kappa shape index (κ3) is 6.03. The van der Waals surface area contributed by atoms with E-state index in [1.165, 1.54) is 12.8 Å². The topological polar surface area (TPSA) is 52.6 Å². The number of hydrogen-bond donors (Lipinski definition) is 2. The van der Waals surface area contributed by atoms with Crippen LogP contribution in [0.15, 0.2) is 0 Å². The molecule has 0 bridgehead atoms. The van der Waals surface area contributed by atoms with Gasteiger partial charge in [0, 0.05) is 12.6 Å². The van der Waals surface area contributed by atoms with E-state index in [2.05, 4.69) is 17.1 Å². The van der Waals surface area contributed by atoms with Crippen molar-refractivity contribution in [3.8, 4) is 0 Å². The standard InChI is InChI=1S/C13H26N2O2/c1-11-5-7-15(8-6-11)10-13(17)14-12(2)4-3-9-16/h11-12,16H,3-10H2,1-2H3,(H,14,17). The van der Waals surface area contributed by atoms with Crippen molar-refractivity contribution in [3.05, 3.63) is 0 Å². The largest absolute Gasteiger partial charge is 0.396 e. The van der Waals surface area contributed by atoms with E-state index in [1.807, 2.05) is 6.92 Å². The highest BCUT2D eigenvalue weighted by molar-refractivity contribution is 5.78. The maximum atomic E-state index is 11.8. The van der Waals surface area contributed by atoms with E-state index in [1.54, 1.807) is 0 Å². The number of aliphatic hydroxyl groups is 1. The van der Waals surface area contributed by atoms with E-state index in [4.69, 9.17) is 5.11 Å². The van der Waals surface area contributed by atoms with Gasteiger partial charge in [0.2, 0.25) is 5.91 Å². The van der Waals surface area contributed by atoms with Crippen molar-refractivity contribution in [2.24, 2.45) is 5.92 Å². The Labute approximate surface area is 104 Å². The lowest BCUT2D eigenvalue weighted by atomic mass is 9.99. The van der Waals surface area contributed by atoms with Crippen LogP contribution < -0.4 is 5.32 Å². The molecular formula is C13H26N2O2. The van der Waals surface area contributed by atoms with Crippen LogP contribution in [0.4, 0.5) is 0 Å². The quantitative estimate of drug-likeness (QED) is 0.730. The summed E-state index contributed by atoms with van der Waals surface area (Å²) in [5, 5.41) is 11.7. The fourth-order valence-corrected chi connectivity index (χ4v) is 2.21. The maximum Gasteiger partial charge on any atom is 0.234 e. The van der Waals surface area contributed by atoms with Crippen molar-refractivity contribution in [2.45, 2.75) is 45.6 Å². The Kier molecular flexibility index (Phi) is 6.52. The lowest BCUT2D eigenvalue weighted by Crippen LogP contribution is -2.43. The normalized spacial score (nSPS) is 20.2. The van der Waals surface area contributed by atoms with Gasteiger partial charge in [0.25, 0.3) is 0 Å². The predicted octanol–water partition coefficient (Wildman–Crippen LogP) is 0.995. The Balaban J connectivity index is 2.16. The fourth-order valence-electron chi connectivity index (χ4n) is 2.21. The average molecular weight is 242 g/mol. The van der Waals surface area contributed by atoms with Gasteiger partial charge in [0.15, 0.2) is 0 Å². The Morgan fingerprint density at radius 2 is 2.12 bits per heavy atom. The second kappa shape index (κ2) is 7.67. The first-order chi connectivity index (χ1) is 8.11. The minimum absolute atomic E-state index is 0.116. The SMILES string of the molecule is CC1CCN(CC(=O)NC(C)CCCO)CC1. The van der Waals surface area contributed by atoms with E-state index in [0.29, 0.717) is 6.54 Å². The van der Waals surface area contributed by atoms with Crippen molar-refractivity contribution < 1.29 is 9.90 Å². The van der Waals surface area contributed by atoms with Gasteiger partial charge in [-0.15, -0.1) is 0 Å². The number of rotatable bonds is 6. The Morgan fingerprint density at radius 1 is 1.47 bits per heavy atom. The van der Waals surface area contributed by atoms with Gasteiger partial charge >= 0.3 is 0 Å². The van der Waals surface area contributed by atoms with Crippen LogP contribution in [-0.4, -0.2) is 48.2 Å². The fraction of sp³-hybridized carbons (Fsp3) is 0.923. The van der Waals surface area contributed by atoms with Gasteiger partial charge < -0.3 is 10.4 Å². The van der Waals surface area contributed by atoms with Crippen molar-refractivity contribution >= 4 is 5.91 Å². The summed E-state index contributed by atoms with van der Waals surface area (Å²) in [6.45, 7) is 7.07. The third-order valence-corrected chi connectivity index (χ3v) is 3.45. The summed E-state index contributed by atoms with van der Waals surface area (Å²) in [4.78, 5) is 14.0. The lowest BCUT2D eigenvalue weighted by molar-refractivity contribution is -0.123. The Bertz CT molecular complexity index is 225. The molecule has 1 heterocycles. The van der Waals surface area contributed by atoms with Crippen LogP contribution in [0.1, 0.15) is 39.5 Å². The molecule has 0 aliphatic carbocycles. The van der Waals surface area contributed by atoms with Crippen LogP contribution >= 0.6 is 0 Å². The molecule has 17 heavy (non-hydrogen) atoms. The number of carbonyl (C=O) groups excluding carboxylic acids is 1. The van der Waals surface area contributed by atoms with Gasteiger partial charge in [-0.05, 0) is 51.6 Å². The molecule has 0 aromatic heterocycles. The van der Waals surface area contributed by atoms with Gasteiger partial charge in [-0.3, -0.25) is 9.69 Å². The van der Waals surface area contributed by atoms with E-state index >= 15 is 0 Å². The molecule has 0 saturated carbocycles. The molecular weight excluding hydrogens is 216 g/mol. The van der Waals surface area contributed by atoms with E-state index < -0.39 is 0 Å². The van der Waals surface area contributed by atoms with E-state index in [-0.39, 0.29) is 18.6 Å². The molecule has 4 nitrogen and oxygen atoms in total. The highest BCUT2D eigenvalue weighted by atomic mass is 16.3. The number of carbonyl (C=O) groups is 1. The van der Waals surface area contributed by atoms with Crippen LogP contribution in [0, 0.1) is 5.92 Å². The number of likely N-dealkylation sites (tertiary alicyclic amines) is 1. The Hall–Kier alpha value is -0.610.